The normalized spacial score (nSPS) is 11.2. The topological polar surface area (TPSA) is 18.5 Å². The molecule has 0 saturated carbocycles. The van der Waals surface area contributed by atoms with Crippen LogP contribution in [0.3, 0.4) is 0 Å². The summed E-state index contributed by atoms with van der Waals surface area (Å²) in [5.74, 6) is 0. The molecular formula is C23H46O2. The minimum Gasteiger partial charge on any atom is -0.240 e. The van der Waals surface area contributed by atoms with Gasteiger partial charge in [0.15, 0.2) is 0 Å². The Balaban J connectivity index is 0. The number of unbranched alkanes of at least 4 members (excludes halogenated alkanes) is 10. The van der Waals surface area contributed by atoms with Crippen molar-refractivity contribution in [3.63, 3.8) is 0 Å². The fraction of sp³-hybridized carbons (Fsp3) is 0.826. The maximum absolute atomic E-state index is 4.57. The van der Waals surface area contributed by atoms with Crippen molar-refractivity contribution < 1.29 is 9.78 Å². The van der Waals surface area contributed by atoms with Gasteiger partial charge < -0.3 is 0 Å². The number of allylic oxidation sites excluding steroid dienone is 4. The zero-order valence-electron chi connectivity index (χ0n) is 17.7. The van der Waals surface area contributed by atoms with Crippen molar-refractivity contribution in [3.8, 4) is 0 Å². The van der Waals surface area contributed by atoms with Crippen LogP contribution in [0.1, 0.15) is 111 Å². The molecule has 0 rings (SSSR count). The monoisotopic (exact) mass is 354 g/mol. The average molecular weight is 355 g/mol. The summed E-state index contributed by atoms with van der Waals surface area (Å²) in [7, 11) is 1.52. The van der Waals surface area contributed by atoms with Crippen LogP contribution in [0.4, 0.5) is 0 Å². The summed E-state index contributed by atoms with van der Waals surface area (Å²) in [6.45, 7) is 7.28. The van der Waals surface area contributed by atoms with Crippen LogP contribution in [-0.4, -0.2) is 13.7 Å². The molecule has 0 atom stereocenters. The molecule has 0 aromatic rings. The minimum atomic E-state index is 0.715. The van der Waals surface area contributed by atoms with Crippen molar-refractivity contribution in [3.05, 3.63) is 24.3 Å². The van der Waals surface area contributed by atoms with Crippen LogP contribution in [0, 0.1) is 0 Å². The van der Waals surface area contributed by atoms with E-state index in [4.69, 9.17) is 0 Å². The molecule has 0 amide bonds. The van der Waals surface area contributed by atoms with E-state index in [0.717, 1.165) is 12.8 Å². The summed E-state index contributed by atoms with van der Waals surface area (Å²) >= 11 is 0. The molecule has 0 aromatic carbocycles. The predicted octanol–water partition coefficient (Wildman–Crippen LogP) is 8.18. The molecule has 0 aliphatic heterocycles. The SMILES string of the molecule is CCC=CCCCCCCCCC=CCCCC.CCCCOOC. The van der Waals surface area contributed by atoms with Crippen molar-refractivity contribution in [1.82, 2.24) is 0 Å². The van der Waals surface area contributed by atoms with Crippen LogP contribution >= 0.6 is 0 Å². The van der Waals surface area contributed by atoms with Gasteiger partial charge in [-0.25, -0.2) is 9.78 Å². The minimum absolute atomic E-state index is 0.715. The van der Waals surface area contributed by atoms with Gasteiger partial charge in [-0.3, -0.25) is 0 Å². The van der Waals surface area contributed by atoms with Gasteiger partial charge in [0.05, 0.1) is 13.7 Å². The highest BCUT2D eigenvalue weighted by Gasteiger charge is 1.90. The van der Waals surface area contributed by atoms with Crippen molar-refractivity contribution in [1.29, 1.82) is 0 Å². The Hall–Kier alpha value is -0.600. The van der Waals surface area contributed by atoms with Gasteiger partial charge in [0.2, 0.25) is 0 Å². The zero-order chi connectivity index (χ0) is 18.8. The molecule has 0 fully saturated rings. The Kier molecular flexibility index (Phi) is 30.0. The maximum Gasteiger partial charge on any atom is 0.0822 e. The molecule has 25 heavy (non-hydrogen) atoms. The third kappa shape index (κ3) is 31.7. The molecule has 0 unspecified atom stereocenters. The van der Waals surface area contributed by atoms with Crippen molar-refractivity contribution in [2.45, 2.75) is 111 Å². The summed E-state index contributed by atoms with van der Waals surface area (Å²) in [5, 5.41) is 0. The molecule has 0 heterocycles. The van der Waals surface area contributed by atoms with Crippen LogP contribution in [0.25, 0.3) is 0 Å². The lowest BCUT2D eigenvalue weighted by Crippen LogP contribution is -1.90. The van der Waals surface area contributed by atoms with Crippen molar-refractivity contribution in [2.24, 2.45) is 0 Å². The Morgan fingerprint density at radius 3 is 1.52 bits per heavy atom. The van der Waals surface area contributed by atoms with Gasteiger partial charge in [-0.05, 0) is 44.9 Å². The molecule has 0 bridgehead atoms. The van der Waals surface area contributed by atoms with Crippen LogP contribution in [0.2, 0.25) is 0 Å². The van der Waals surface area contributed by atoms with Crippen LogP contribution in [0.5, 0.6) is 0 Å². The van der Waals surface area contributed by atoms with E-state index in [1.807, 2.05) is 0 Å². The lowest BCUT2D eigenvalue weighted by Gasteiger charge is -1.99. The molecule has 0 radical (unpaired) electrons. The molecule has 2 nitrogen and oxygen atoms in total. The Morgan fingerprint density at radius 2 is 1.04 bits per heavy atom. The second-order valence-corrected chi connectivity index (χ2v) is 6.53. The van der Waals surface area contributed by atoms with Gasteiger partial charge in [0, 0.05) is 0 Å². The van der Waals surface area contributed by atoms with Gasteiger partial charge >= 0.3 is 0 Å². The van der Waals surface area contributed by atoms with E-state index in [-0.39, 0.29) is 0 Å². The van der Waals surface area contributed by atoms with Crippen molar-refractivity contribution >= 4 is 0 Å². The average Bonchev–Trinajstić information content (AvgIpc) is 2.63. The molecule has 0 spiro atoms. The fourth-order valence-electron chi connectivity index (χ4n) is 2.36. The standard InChI is InChI=1S/C18H34.C5H12O2/c1-3-5-7-9-11-13-15-17-18-16-14-12-10-8-6-4-2;1-3-4-5-7-6-2/h5,7,10,12H,3-4,6,8-9,11,13-18H2,1-2H3;3-5H2,1-2H3. The lowest BCUT2D eigenvalue weighted by molar-refractivity contribution is -0.272. The van der Waals surface area contributed by atoms with Gasteiger partial charge in [0.1, 0.15) is 0 Å². The first-order valence-corrected chi connectivity index (χ1v) is 10.8. The molecular weight excluding hydrogens is 308 g/mol. The van der Waals surface area contributed by atoms with Crippen molar-refractivity contribution in [2.75, 3.05) is 13.7 Å². The fourth-order valence-corrected chi connectivity index (χ4v) is 2.36. The quantitative estimate of drug-likeness (QED) is 0.113. The van der Waals surface area contributed by atoms with Crippen LogP contribution in [0.15, 0.2) is 24.3 Å². The first-order chi connectivity index (χ1) is 12.3. The van der Waals surface area contributed by atoms with E-state index in [0.29, 0.717) is 6.61 Å². The van der Waals surface area contributed by atoms with E-state index >= 15 is 0 Å². The first kappa shape index (κ1) is 26.6. The summed E-state index contributed by atoms with van der Waals surface area (Å²) in [4.78, 5) is 8.92. The molecule has 0 aromatic heterocycles. The third-order valence-corrected chi connectivity index (χ3v) is 3.98. The van der Waals surface area contributed by atoms with Gasteiger partial charge in [-0.1, -0.05) is 90.0 Å². The van der Waals surface area contributed by atoms with Gasteiger partial charge in [-0.15, -0.1) is 0 Å². The maximum atomic E-state index is 4.57. The van der Waals surface area contributed by atoms with E-state index < -0.39 is 0 Å². The Bertz CT molecular complexity index is 255. The van der Waals surface area contributed by atoms with E-state index in [9.17, 15) is 0 Å². The molecule has 0 N–H and O–H groups in total. The molecule has 150 valence electrons. The van der Waals surface area contributed by atoms with E-state index in [1.165, 1.54) is 84.2 Å². The predicted molar refractivity (Wildman–Crippen MR) is 113 cm³/mol. The summed E-state index contributed by atoms with van der Waals surface area (Å²) < 4.78 is 0. The smallest absolute Gasteiger partial charge is 0.0822 e. The highest BCUT2D eigenvalue weighted by atomic mass is 17.2. The summed E-state index contributed by atoms with van der Waals surface area (Å²) in [5.41, 5.74) is 0. The lowest BCUT2D eigenvalue weighted by atomic mass is 10.1. The largest absolute Gasteiger partial charge is 0.240 e. The van der Waals surface area contributed by atoms with Gasteiger partial charge in [-0.2, -0.15) is 0 Å². The molecule has 0 saturated heterocycles. The molecule has 0 aliphatic rings. The van der Waals surface area contributed by atoms with Gasteiger partial charge in [0.25, 0.3) is 0 Å². The van der Waals surface area contributed by atoms with E-state index in [1.54, 1.807) is 0 Å². The number of rotatable bonds is 17. The second-order valence-electron chi connectivity index (χ2n) is 6.53. The van der Waals surface area contributed by atoms with E-state index in [2.05, 4.69) is 54.9 Å². The third-order valence-electron chi connectivity index (χ3n) is 3.98. The summed E-state index contributed by atoms with van der Waals surface area (Å²) in [6, 6.07) is 0. The molecule has 2 heteroatoms. The first-order valence-electron chi connectivity index (χ1n) is 10.8. The number of hydrogen-bond acceptors (Lipinski definition) is 2. The highest BCUT2D eigenvalue weighted by molar-refractivity contribution is 4.81. The zero-order valence-corrected chi connectivity index (χ0v) is 17.7. The number of hydrogen-bond donors (Lipinski definition) is 0. The summed E-state index contributed by atoms with van der Waals surface area (Å²) in [6.07, 6.45) is 27.8. The second kappa shape index (κ2) is 28.2. The van der Waals surface area contributed by atoms with Crippen LogP contribution in [-0.2, 0) is 9.78 Å². The Labute approximate surface area is 159 Å². The van der Waals surface area contributed by atoms with Crippen LogP contribution < -0.4 is 0 Å². The Morgan fingerprint density at radius 1 is 0.560 bits per heavy atom. The molecule has 0 aliphatic carbocycles. The highest BCUT2D eigenvalue weighted by Crippen LogP contribution is 2.09.